The number of ether oxygens (including phenoxy) is 2. The van der Waals surface area contributed by atoms with Crippen LogP contribution in [0.3, 0.4) is 0 Å². The van der Waals surface area contributed by atoms with Gasteiger partial charge in [0.2, 0.25) is 5.78 Å². The zero-order chi connectivity index (χ0) is 16.5. The van der Waals surface area contributed by atoms with Crippen molar-refractivity contribution in [1.29, 1.82) is 0 Å². The molecule has 0 aliphatic carbocycles. The summed E-state index contributed by atoms with van der Waals surface area (Å²) in [4.78, 5) is 24.5. The second kappa shape index (κ2) is 8.73. The molecule has 0 bridgehead atoms. The summed E-state index contributed by atoms with van der Waals surface area (Å²) in [6.45, 7) is 2.29. The molecule has 0 spiro atoms. The number of hydrogen-bond acceptors (Lipinski definition) is 4. The SMILES string of the molecule is CCCCOC(=O)O[C@@H](C(=O)c1ccccc1)c1ccccc1. The first-order valence-electron chi connectivity index (χ1n) is 7.70. The van der Waals surface area contributed by atoms with E-state index in [4.69, 9.17) is 9.47 Å². The number of Topliss-reactive ketones (excluding diaryl/α,β-unsaturated/α-hetero) is 1. The van der Waals surface area contributed by atoms with E-state index in [1.165, 1.54) is 0 Å². The van der Waals surface area contributed by atoms with E-state index in [1.807, 2.05) is 19.1 Å². The first kappa shape index (κ1) is 16.7. The van der Waals surface area contributed by atoms with Crippen LogP contribution in [0.5, 0.6) is 0 Å². The van der Waals surface area contributed by atoms with Crippen LogP contribution in [0.25, 0.3) is 0 Å². The number of carbonyl (C=O) groups excluding carboxylic acids is 2. The lowest BCUT2D eigenvalue weighted by Crippen LogP contribution is -2.21. The monoisotopic (exact) mass is 312 g/mol. The van der Waals surface area contributed by atoms with E-state index in [0.29, 0.717) is 11.1 Å². The molecule has 0 N–H and O–H groups in total. The summed E-state index contributed by atoms with van der Waals surface area (Å²) in [5.41, 5.74) is 1.11. The highest BCUT2D eigenvalue weighted by atomic mass is 16.7. The predicted octanol–water partition coefficient (Wildman–Crippen LogP) is 4.56. The Morgan fingerprint density at radius 1 is 0.957 bits per heavy atom. The van der Waals surface area contributed by atoms with E-state index in [1.54, 1.807) is 48.5 Å². The Morgan fingerprint density at radius 3 is 2.17 bits per heavy atom. The minimum absolute atomic E-state index is 0.274. The molecular formula is C19H20O4. The lowest BCUT2D eigenvalue weighted by molar-refractivity contribution is 0.0217. The van der Waals surface area contributed by atoms with Crippen molar-refractivity contribution in [3.63, 3.8) is 0 Å². The molecule has 0 saturated carbocycles. The van der Waals surface area contributed by atoms with Crippen molar-refractivity contribution in [2.75, 3.05) is 6.61 Å². The second-order valence-electron chi connectivity index (χ2n) is 5.09. The van der Waals surface area contributed by atoms with Gasteiger partial charge >= 0.3 is 6.16 Å². The molecule has 23 heavy (non-hydrogen) atoms. The fourth-order valence-corrected chi connectivity index (χ4v) is 2.08. The average Bonchev–Trinajstić information content (AvgIpc) is 2.61. The Bertz CT molecular complexity index is 622. The number of benzene rings is 2. The first-order valence-corrected chi connectivity index (χ1v) is 7.70. The van der Waals surface area contributed by atoms with Crippen LogP contribution in [0.4, 0.5) is 4.79 Å². The van der Waals surface area contributed by atoms with Gasteiger partial charge in [0.1, 0.15) is 0 Å². The Morgan fingerprint density at radius 2 is 1.57 bits per heavy atom. The maximum Gasteiger partial charge on any atom is 0.509 e. The minimum atomic E-state index is -1.01. The van der Waals surface area contributed by atoms with Gasteiger partial charge in [0.05, 0.1) is 6.61 Å². The Kier molecular flexibility index (Phi) is 6.36. The zero-order valence-corrected chi connectivity index (χ0v) is 13.1. The molecule has 0 heterocycles. The third kappa shape index (κ3) is 4.95. The Balaban J connectivity index is 2.16. The van der Waals surface area contributed by atoms with Crippen molar-refractivity contribution in [3.05, 3.63) is 71.8 Å². The quantitative estimate of drug-likeness (QED) is 0.427. The summed E-state index contributed by atoms with van der Waals surface area (Å²) in [6.07, 6.45) is -0.153. The van der Waals surface area contributed by atoms with Gasteiger partial charge in [0.15, 0.2) is 6.10 Å². The summed E-state index contributed by atoms with van der Waals surface area (Å²) < 4.78 is 10.3. The summed E-state index contributed by atoms with van der Waals surface area (Å²) in [5, 5.41) is 0. The highest BCUT2D eigenvalue weighted by molar-refractivity contribution is 6.00. The number of hydrogen-bond donors (Lipinski definition) is 0. The van der Waals surface area contributed by atoms with Gasteiger partial charge in [-0.05, 0) is 6.42 Å². The zero-order valence-electron chi connectivity index (χ0n) is 13.1. The molecule has 120 valence electrons. The molecule has 2 aromatic carbocycles. The van der Waals surface area contributed by atoms with Crippen molar-refractivity contribution in [1.82, 2.24) is 0 Å². The van der Waals surface area contributed by atoms with E-state index < -0.39 is 12.3 Å². The maximum atomic E-state index is 12.7. The largest absolute Gasteiger partial charge is 0.509 e. The maximum absolute atomic E-state index is 12.7. The number of ketones is 1. The third-order valence-corrected chi connectivity index (χ3v) is 3.33. The van der Waals surface area contributed by atoms with E-state index in [2.05, 4.69) is 0 Å². The van der Waals surface area contributed by atoms with Crippen molar-refractivity contribution in [2.24, 2.45) is 0 Å². The average molecular weight is 312 g/mol. The molecule has 1 atom stereocenters. The van der Waals surface area contributed by atoms with E-state index >= 15 is 0 Å². The molecule has 0 aliphatic rings. The number of rotatable bonds is 7. The molecular weight excluding hydrogens is 292 g/mol. The molecule has 0 aromatic heterocycles. The topological polar surface area (TPSA) is 52.6 Å². The number of unbranched alkanes of at least 4 members (excludes halogenated alkanes) is 1. The lowest BCUT2D eigenvalue weighted by atomic mass is 10.00. The van der Waals surface area contributed by atoms with Crippen molar-refractivity contribution < 1.29 is 19.1 Å². The van der Waals surface area contributed by atoms with Crippen LogP contribution in [-0.2, 0) is 9.47 Å². The molecule has 4 nitrogen and oxygen atoms in total. The van der Waals surface area contributed by atoms with Crippen LogP contribution < -0.4 is 0 Å². The van der Waals surface area contributed by atoms with Crippen LogP contribution >= 0.6 is 0 Å². The normalized spacial score (nSPS) is 11.5. The molecule has 0 amide bonds. The van der Waals surface area contributed by atoms with Gasteiger partial charge in [-0.15, -0.1) is 0 Å². The van der Waals surface area contributed by atoms with Crippen molar-refractivity contribution in [3.8, 4) is 0 Å². The minimum Gasteiger partial charge on any atom is -0.434 e. The van der Waals surface area contributed by atoms with E-state index in [0.717, 1.165) is 12.8 Å². The summed E-state index contributed by atoms with van der Waals surface area (Å²) in [5.74, 6) is -0.274. The van der Waals surface area contributed by atoms with Crippen LogP contribution in [0, 0.1) is 0 Å². The van der Waals surface area contributed by atoms with E-state index in [-0.39, 0.29) is 12.4 Å². The van der Waals surface area contributed by atoms with Gasteiger partial charge in [-0.25, -0.2) is 4.79 Å². The van der Waals surface area contributed by atoms with Gasteiger partial charge in [-0.1, -0.05) is 74.0 Å². The van der Waals surface area contributed by atoms with Crippen LogP contribution in [0.1, 0.15) is 41.8 Å². The van der Waals surface area contributed by atoms with Gasteiger partial charge in [-0.2, -0.15) is 0 Å². The summed E-state index contributed by atoms with van der Waals surface area (Å²) in [7, 11) is 0. The lowest BCUT2D eigenvalue weighted by Gasteiger charge is -2.17. The van der Waals surface area contributed by atoms with E-state index in [9.17, 15) is 9.59 Å². The molecule has 0 aliphatic heterocycles. The molecule has 4 heteroatoms. The van der Waals surface area contributed by atoms with Gasteiger partial charge in [0.25, 0.3) is 0 Å². The summed E-state index contributed by atoms with van der Waals surface area (Å²) >= 11 is 0. The molecule has 0 unspecified atom stereocenters. The predicted molar refractivity (Wildman–Crippen MR) is 87.3 cm³/mol. The smallest absolute Gasteiger partial charge is 0.434 e. The van der Waals surface area contributed by atoms with Crippen molar-refractivity contribution >= 4 is 11.9 Å². The first-order chi connectivity index (χ1) is 11.2. The van der Waals surface area contributed by atoms with Crippen LogP contribution in [0.2, 0.25) is 0 Å². The van der Waals surface area contributed by atoms with Crippen molar-refractivity contribution in [2.45, 2.75) is 25.9 Å². The Hall–Kier alpha value is -2.62. The molecule has 0 radical (unpaired) electrons. The number of carbonyl (C=O) groups is 2. The third-order valence-electron chi connectivity index (χ3n) is 3.33. The molecule has 2 rings (SSSR count). The van der Waals surface area contributed by atoms with Gasteiger partial charge in [0, 0.05) is 11.1 Å². The van der Waals surface area contributed by atoms with Crippen LogP contribution in [-0.4, -0.2) is 18.5 Å². The molecule has 2 aromatic rings. The van der Waals surface area contributed by atoms with Gasteiger partial charge in [-0.3, -0.25) is 4.79 Å². The molecule has 0 saturated heterocycles. The highest BCUT2D eigenvalue weighted by Crippen LogP contribution is 2.23. The molecule has 0 fully saturated rings. The summed E-state index contributed by atoms with van der Waals surface area (Å²) in [6, 6.07) is 17.7. The fraction of sp³-hybridized carbons (Fsp3) is 0.263. The fourth-order valence-electron chi connectivity index (χ4n) is 2.08. The second-order valence-corrected chi connectivity index (χ2v) is 5.09. The van der Waals surface area contributed by atoms with Gasteiger partial charge < -0.3 is 9.47 Å². The Labute approximate surface area is 136 Å². The highest BCUT2D eigenvalue weighted by Gasteiger charge is 2.26. The standard InChI is InChI=1S/C19H20O4/c1-2-3-14-22-19(21)23-18(16-12-8-5-9-13-16)17(20)15-10-6-4-7-11-15/h4-13,18H,2-3,14H2,1H3/t18-/m1/s1. The van der Waals surface area contributed by atoms with Crippen LogP contribution in [0.15, 0.2) is 60.7 Å².